The number of anilines is 1. The second kappa shape index (κ2) is 11.6. The molecule has 0 unspecified atom stereocenters. The number of aromatic nitrogens is 1. The lowest BCUT2D eigenvalue weighted by atomic mass is 9.91. The molecular weight excluding hydrogens is 513 g/mol. The molecule has 0 amide bonds. The van der Waals surface area contributed by atoms with Crippen LogP contribution in [0.5, 0.6) is 0 Å². The number of hydrogen-bond donors (Lipinski definition) is 1. The van der Waals surface area contributed by atoms with Gasteiger partial charge in [-0.15, -0.1) is 0 Å². The second-order valence-electron chi connectivity index (χ2n) is 9.52. The van der Waals surface area contributed by atoms with Crippen LogP contribution >= 0.6 is 0 Å². The molecule has 1 N–H and O–H groups in total. The minimum atomic E-state index is -4.51. The van der Waals surface area contributed by atoms with Crippen LogP contribution in [0.25, 0.3) is 22.0 Å². The Morgan fingerprint density at radius 2 is 1.57 bits per heavy atom. The summed E-state index contributed by atoms with van der Waals surface area (Å²) in [5.41, 5.74) is 5.33. The summed E-state index contributed by atoms with van der Waals surface area (Å²) >= 11 is 0. The molecule has 0 radical (unpaired) electrons. The molecule has 0 aliphatic heterocycles. The third kappa shape index (κ3) is 6.15. The van der Waals surface area contributed by atoms with Crippen molar-refractivity contribution in [2.24, 2.45) is 0 Å². The third-order valence-corrected chi connectivity index (χ3v) is 6.77. The number of esters is 1. The number of benzene rings is 4. The Morgan fingerprint density at radius 3 is 2.30 bits per heavy atom. The van der Waals surface area contributed by atoms with E-state index in [0.29, 0.717) is 18.4 Å². The normalized spacial score (nSPS) is 11.4. The maximum atomic E-state index is 13.9. The summed E-state index contributed by atoms with van der Waals surface area (Å²) < 4.78 is 46.3. The molecule has 0 bridgehead atoms. The van der Waals surface area contributed by atoms with Gasteiger partial charge >= 0.3 is 12.1 Å². The minimum absolute atomic E-state index is 0.0628. The van der Waals surface area contributed by atoms with Gasteiger partial charge < -0.3 is 10.1 Å². The minimum Gasteiger partial charge on any atom is -0.469 e. The SMILES string of the molecule is COC(=O)Cc1ccc(CNc2cccc(-c3c(Cc4ccccc4)cnc4c(C(F)(F)F)cccc34)c2)cc1. The largest absolute Gasteiger partial charge is 0.469 e. The van der Waals surface area contributed by atoms with Gasteiger partial charge in [0.15, 0.2) is 0 Å². The molecular formula is C33H27F3N2O2. The molecule has 7 heteroatoms. The number of pyridine rings is 1. The monoisotopic (exact) mass is 540 g/mol. The van der Waals surface area contributed by atoms with E-state index in [2.05, 4.69) is 10.3 Å². The number of methoxy groups -OCH3 is 1. The first-order valence-electron chi connectivity index (χ1n) is 12.8. The fourth-order valence-electron chi connectivity index (χ4n) is 4.79. The van der Waals surface area contributed by atoms with Crippen molar-refractivity contribution in [3.8, 4) is 11.1 Å². The molecule has 40 heavy (non-hydrogen) atoms. The number of rotatable bonds is 8. The molecule has 0 fully saturated rings. The number of nitrogens with one attached hydrogen (secondary N) is 1. The predicted octanol–water partition coefficient (Wildman–Crippen LogP) is 7.84. The Balaban J connectivity index is 1.49. The number of para-hydroxylation sites is 1. The molecule has 1 aromatic heterocycles. The van der Waals surface area contributed by atoms with Crippen LogP contribution in [-0.2, 0) is 35.1 Å². The van der Waals surface area contributed by atoms with Crippen molar-refractivity contribution in [1.82, 2.24) is 4.98 Å². The van der Waals surface area contributed by atoms with Gasteiger partial charge in [0.25, 0.3) is 0 Å². The first-order chi connectivity index (χ1) is 19.3. The van der Waals surface area contributed by atoms with Crippen LogP contribution in [0.2, 0.25) is 0 Å². The van der Waals surface area contributed by atoms with Crippen molar-refractivity contribution >= 4 is 22.6 Å². The molecule has 0 saturated carbocycles. The smallest absolute Gasteiger partial charge is 0.418 e. The molecule has 4 nitrogen and oxygen atoms in total. The third-order valence-electron chi connectivity index (χ3n) is 6.77. The average Bonchev–Trinajstić information content (AvgIpc) is 2.96. The highest BCUT2D eigenvalue weighted by atomic mass is 19.4. The van der Waals surface area contributed by atoms with E-state index >= 15 is 0 Å². The van der Waals surface area contributed by atoms with Gasteiger partial charge in [0, 0.05) is 23.8 Å². The zero-order valence-corrected chi connectivity index (χ0v) is 21.8. The van der Waals surface area contributed by atoms with E-state index in [1.165, 1.54) is 13.2 Å². The van der Waals surface area contributed by atoms with Gasteiger partial charge in [-0.05, 0) is 58.0 Å². The van der Waals surface area contributed by atoms with Crippen LogP contribution in [0.1, 0.15) is 27.8 Å². The van der Waals surface area contributed by atoms with Gasteiger partial charge in [-0.2, -0.15) is 13.2 Å². The van der Waals surface area contributed by atoms with Gasteiger partial charge in [-0.25, -0.2) is 0 Å². The highest BCUT2D eigenvalue weighted by Crippen LogP contribution is 2.39. The van der Waals surface area contributed by atoms with Gasteiger partial charge in [0.1, 0.15) is 0 Å². The number of hydrogen-bond acceptors (Lipinski definition) is 4. The fourth-order valence-corrected chi connectivity index (χ4v) is 4.79. The van der Waals surface area contributed by atoms with Crippen LogP contribution in [0, 0.1) is 0 Å². The molecule has 0 spiro atoms. The number of fused-ring (bicyclic) bond motifs is 1. The number of halogens is 3. The highest BCUT2D eigenvalue weighted by Gasteiger charge is 2.33. The molecule has 0 aliphatic carbocycles. The summed E-state index contributed by atoms with van der Waals surface area (Å²) in [6.07, 6.45) is -2.20. The van der Waals surface area contributed by atoms with Crippen molar-refractivity contribution in [2.45, 2.75) is 25.6 Å². The Kier molecular flexibility index (Phi) is 7.82. The number of nitrogens with zero attached hydrogens (tertiary/aromatic N) is 1. The zero-order chi connectivity index (χ0) is 28.1. The first-order valence-corrected chi connectivity index (χ1v) is 12.8. The van der Waals surface area contributed by atoms with E-state index in [1.54, 1.807) is 12.3 Å². The molecule has 4 aromatic carbocycles. The summed E-state index contributed by atoms with van der Waals surface area (Å²) in [5, 5.41) is 3.87. The quantitative estimate of drug-likeness (QED) is 0.204. The van der Waals surface area contributed by atoms with Gasteiger partial charge in [0.05, 0.1) is 24.6 Å². The van der Waals surface area contributed by atoms with Crippen molar-refractivity contribution in [2.75, 3.05) is 12.4 Å². The van der Waals surface area contributed by atoms with Gasteiger partial charge in [-0.1, -0.05) is 78.9 Å². The molecule has 5 rings (SSSR count). The van der Waals surface area contributed by atoms with Gasteiger partial charge in [-0.3, -0.25) is 9.78 Å². The molecule has 0 aliphatic rings. The second-order valence-corrected chi connectivity index (χ2v) is 9.52. The lowest BCUT2D eigenvalue weighted by Crippen LogP contribution is -2.07. The van der Waals surface area contributed by atoms with Crippen LogP contribution < -0.4 is 5.32 Å². The van der Waals surface area contributed by atoms with Crippen molar-refractivity contribution in [3.63, 3.8) is 0 Å². The van der Waals surface area contributed by atoms with Crippen LogP contribution in [0.3, 0.4) is 0 Å². The summed E-state index contributed by atoms with van der Waals surface area (Å²) in [4.78, 5) is 15.8. The van der Waals surface area contributed by atoms with Crippen LogP contribution in [0.15, 0.2) is 103 Å². The molecule has 5 aromatic rings. The summed E-state index contributed by atoms with van der Waals surface area (Å²) in [5.74, 6) is -0.291. The van der Waals surface area contributed by atoms with E-state index in [-0.39, 0.29) is 17.9 Å². The Labute approximate surface area is 230 Å². The predicted molar refractivity (Wildman–Crippen MR) is 151 cm³/mol. The summed E-state index contributed by atoms with van der Waals surface area (Å²) in [6.45, 7) is 0.536. The number of carbonyl (C=O) groups is 1. The van der Waals surface area contributed by atoms with E-state index in [1.807, 2.05) is 78.9 Å². The Hall–Kier alpha value is -4.65. The first kappa shape index (κ1) is 26.9. The lowest BCUT2D eigenvalue weighted by molar-refractivity contribution is -0.140. The molecule has 1 heterocycles. The topological polar surface area (TPSA) is 51.2 Å². The standard InChI is InChI=1S/C33H27F3N2O2/c1-40-30(39)18-23-13-15-24(16-14-23)20-37-27-10-5-9-25(19-27)31-26(17-22-7-3-2-4-8-22)21-38-32-28(31)11-6-12-29(32)33(34,35)36/h2-16,19,21,37H,17-18,20H2,1H3. The fraction of sp³-hybridized carbons (Fsp3) is 0.152. The zero-order valence-electron chi connectivity index (χ0n) is 21.8. The van der Waals surface area contributed by atoms with Gasteiger partial charge in [0.2, 0.25) is 0 Å². The van der Waals surface area contributed by atoms with Crippen molar-refractivity contribution in [3.05, 3.63) is 131 Å². The summed E-state index contributed by atoms with van der Waals surface area (Å²) in [6, 6.07) is 29.4. The molecule has 0 atom stereocenters. The molecule has 0 saturated heterocycles. The van der Waals surface area contributed by atoms with Crippen molar-refractivity contribution < 1.29 is 22.7 Å². The number of ether oxygens (including phenoxy) is 1. The summed E-state index contributed by atoms with van der Waals surface area (Å²) in [7, 11) is 1.36. The number of carbonyl (C=O) groups excluding carboxylic acids is 1. The lowest BCUT2D eigenvalue weighted by Gasteiger charge is -2.17. The van der Waals surface area contributed by atoms with E-state index in [4.69, 9.17) is 4.74 Å². The van der Waals surface area contributed by atoms with Crippen molar-refractivity contribution in [1.29, 1.82) is 0 Å². The number of alkyl halides is 3. The van der Waals surface area contributed by atoms with Crippen LogP contribution in [-0.4, -0.2) is 18.1 Å². The van der Waals surface area contributed by atoms with E-state index < -0.39 is 11.7 Å². The maximum absolute atomic E-state index is 13.9. The molecule has 202 valence electrons. The van der Waals surface area contributed by atoms with Crippen LogP contribution in [0.4, 0.5) is 18.9 Å². The van der Waals surface area contributed by atoms with E-state index in [9.17, 15) is 18.0 Å². The maximum Gasteiger partial charge on any atom is 0.418 e. The Morgan fingerprint density at radius 1 is 0.850 bits per heavy atom. The average molecular weight is 541 g/mol. The van der Waals surface area contributed by atoms with E-state index in [0.717, 1.165) is 45.1 Å². The Bertz CT molecular complexity index is 1630. The highest BCUT2D eigenvalue weighted by molar-refractivity contribution is 5.98.